The molecule has 1 aliphatic heterocycles. The van der Waals surface area contributed by atoms with Gasteiger partial charge in [-0.1, -0.05) is 35.3 Å². The summed E-state index contributed by atoms with van der Waals surface area (Å²) in [5, 5.41) is 14.3. The summed E-state index contributed by atoms with van der Waals surface area (Å²) in [5.74, 6) is -1.65. The average molecular weight is 474 g/mol. The number of hydrogen-bond acceptors (Lipinski definition) is 4. The minimum absolute atomic E-state index is 0.00516. The molecule has 3 aromatic carbocycles. The predicted molar refractivity (Wildman–Crippen MR) is 117 cm³/mol. The van der Waals surface area contributed by atoms with Crippen LogP contribution in [-0.2, 0) is 4.79 Å². The van der Waals surface area contributed by atoms with Crippen LogP contribution in [0.3, 0.4) is 0 Å². The van der Waals surface area contributed by atoms with Crippen molar-refractivity contribution in [1.29, 1.82) is 0 Å². The van der Waals surface area contributed by atoms with Gasteiger partial charge in [-0.05, 0) is 42.0 Å². The van der Waals surface area contributed by atoms with Gasteiger partial charge >= 0.3 is 0 Å². The number of non-ortho nitro benzene ring substituents is 1. The van der Waals surface area contributed by atoms with Crippen molar-refractivity contribution >= 4 is 46.4 Å². The second kappa shape index (κ2) is 8.57. The smallest absolute Gasteiger partial charge is 0.270 e. The molecule has 0 radical (unpaired) electrons. The maximum atomic E-state index is 13.6. The molecule has 0 aliphatic carbocycles. The molecule has 32 heavy (non-hydrogen) atoms. The van der Waals surface area contributed by atoms with Crippen molar-refractivity contribution < 1.29 is 18.9 Å². The van der Waals surface area contributed by atoms with Gasteiger partial charge in [-0.15, -0.1) is 0 Å². The summed E-state index contributed by atoms with van der Waals surface area (Å²) in [4.78, 5) is 38.0. The molecule has 2 amide bonds. The lowest BCUT2D eigenvalue weighted by Gasteiger charge is -2.31. The Morgan fingerprint density at radius 2 is 1.81 bits per heavy atom. The maximum Gasteiger partial charge on any atom is 0.270 e. The fraction of sp³-hybridized carbons (Fsp3) is 0.0909. The van der Waals surface area contributed by atoms with Gasteiger partial charge in [-0.25, -0.2) is 4.39 Å². The van der Waals surface area contributed by atoms with Gasteiger partial charge in [0.1, 0.15) is 12.4 Å². The molecule has 0 saturated carbocycles. The highest BCUT2D eigenvalue weighted by Gasteiger charge is 2.35. The van der Waals surface area contributed by atoms with E-state index >= 15 is 0 Å². The third-order valence-electron chi connectivity index (χ3n) is 5.05. The molecule has 1 aliphatic rings. The molecule has 0 fully saturated rings. The molecule has 3 aromatic rings. The number of nitro groups is 1. The van der Waals surface area contributed by atoms with E-state index in [9.17, 15) is 24.1 Å². The third kappa shape index (κ3) is 4.15. The largest absolute Gasteiger partial charge is 0.324 e. The van der Waals surface area contributed by atoms with Crippen molar-refractivity contribution in [3.8, 4) is 0 Å². The van der Waals surface area contributed by atoms with Crippen molar-refractivity contribution in [2.75, 3.05) is 11.9 Å². The van der Waals surface area contributed by atoms with Gasteiger partial charge in [-0.2, -0.15) is 0 Å². The van der Waals surface area contributed by atoms with E-state index in [1.165, 1.54) is 41.3 Å². The van der Waals surface area contributed by atoms with E-state index in [0.717, 1.165) is 6.07 Å². The Morgan fingerprint density at radius 1 is 1.09 bits per heavy atom. The Bertz CT molecular complexity index is 1250. The molecule has 1 atom stereocenters. The minimum atomic E-state index is -0.842. The monoisotopic (exact) mass is 473 g/mol. The predicted octanol–water partition coefficient (Wildman–Crippen LogP) is 5.22. The highest BCUT2D eigenvalue weighted by molar-refractivity contribution is 6.34. The molecule has 0 spiro atoms. The van der Waals surface area contributed by atoms with Crippen LogP contribution in [0.4, 0.5) is 15.8 Å². The van der Waals surface area contributed by atoms with Crippen LogP contribution in [0.15, 0.2) is 60.7 Å². The number of hydrogen-bond donors (Lipinski definition) is 1. The molecule has 1 heterocycles. The lowest BCUT2D eigenvalue weighted by atomic mass is 9.95. The third-order valence-corrected chi connectivity index (χ3v) is 5.61. The molecule has 7 nitrogen and oxygen atoms in total. The number of nitro benzene ring substituents is 1. The van der Waals surface area contributed by atoms with Gasteiger partial charge in [0.05, 0.1) is 21.6 Å². The SMILES string of the molecule is O=C1CN(C(=O)c2cc([N+](=O)[O-])ccc2Cl)[C@@H](c2ccc(F)cc2)c2cc(Cl)ccc2N1. The summed E-state index contributed by atoms with van der Waals surface area (Å²) >= 11 is 12.4. The lowest BCUT2D eigenvalue weighted by molar-refractivity contribution is -0.384. The van der Waals surface area contributed by atoms with Crippen LogP contribution in [0.5, 0.6) is 0 Å². The summed E-state index contributed by atoms with van der Waals surface area (Å²) in [7, 11) is 0. The molecule has 0 saturated heterocycles. The van der Waals surface area contributed by atoms with Gasteiger partial charge < -0.3 is 10.2 Å². The summed E-state index contributed by atoms with van der Waals surface area (Å²) in [6.07, 6.45) is 0. The minimum Gasteiger partial charge on any atom is -0.324 e. The zero-order chi connectivity index (χ0) is 23.0. The first kappa shape index (κ1) is 21.7. The topological polar surface area (TPSA) is 92.5 Å². The molecular formula is C22H14Cl2FN3O4. The fourth-order valence-corrected chi connectivity index (χ4v) is 4.00. The molecule has 4 rings (SSSR count). The fourth-order valence-electron chi connectivity index (χ4n) is 3.62. The summed E-state index contributed by atoms with van der Waals surface area (Å²) in [6.45, 7) is -0.369. The molecule has 0 bridgehead atoms. The second-order valence-electron chi connectivity index (χ2n) is 7.09. The maximum absolute atomic E-state index is 13.6. The highest BCUT2D eigenvalue weighted by atomic mass is 35.5. The molecule has 1 N–H and O–H groups in total. The lowest BCUT2D eigenvalue weighted by Crippen LogP contribution is -2.39. The molecule has 162 valence electrons. The quantitative estimate of drug-likeness (QED) is 0.416. The Morgan fingerprint density at radius 3 is 2.50 bits per heavy atom. The standard InChI is InChI=1S/C22H14Cl2FN3O4/c23-13-3-8-19-17(9-13)21(12-1-4-14(25)5-2-12)27(11-20(29)26-19)22(30)16-10-15(28(31)32)6-7-18(16)24/h1-10,21H,11H2,(H,26,29)/t21-/m0/s1. The van der Waals surface area contributed by atoms with Gasteiger partial charge in [0.2, 0.25) is 5.91 Å². The van der Waals surface area contributed by atoms with Gasteiger partial charge in [0, 0.05) is 28.4 Å². The second-order valence-corrected chi connectivity index (χ2v) is 7.93. The Hall–Kier alpha value is -3.49. The van der Waals surface area contributed by atoms with Crippen LogP contribution in [0.25, 0.3) is 0 Å². The Balaban J connectivity index is 1.91. The van der Waals surface area contributed by atoms with Gasteiger partial charge in [0.25, 0.3) is 11.6 Å². The van der Waals surface area contributed by atoms with E-state index in [1.807, 2.05) is 0 Å². The van der Waals surface area contributed by atoms with Crippen molar-refractivity contribution in [2.24, 2.45) is 0 Å². The van der Waals surface area contributed by atoms with Crippen molar-refractivity contribution in [2.45, 2.75) is 6.04 Å². The Labute approximate surface area is 191 Å². The van der Waals surface area contributed by atoms with E-state index in [2.05, 4.69) is 5.32 Å². The highest BCUT2D eigenvalue weighted by Crippen LogP contribution is 2.38. The van der Waals surface area contributed by atoms with Crippen LogP contribution < -0.4 is 5.32 Å². The molecular weight excluding hydrogens is 460 g/mol. The molecule has 10 heteroatoms. The van der Waals surface area contributed by atoms with Crippen molar-refractivity contribution in [3.63, 3.8) is 0 Å². The average Bonchev–Trinajstić information content (AvgIpc) is 2.89. The number of fused-ring (bicyclic) bond motifs is 1. The van der Waals surface area contributed by atoms with Crippen molar-refractivity contribution in [3.05, 3.63) is 103 Å². The van der Waals surface area contributed by atoms with E-state index in [1.54, 1.807) is 18.2 Å². The first-order chi connectivity index (χ1) is 15.2. The van der Waals surface area contributed by atoms with Gasteiger partial charge in [-0.3, -0.25) is 19.7 Å². The number of carbonyl (C=O) groups is 2. The van der Waals surface area contributed by atoms with E-state index < -0.39 is 28.6 Å². The molecule has 0 aromatic heterocycles. The number of anilines is 1. The summed E-state index contributed by atoms with van der Waals surface area (Å²) in [5.41, 5.74) is 1.01. The van der Waals surface area contributed by atoms with Crippen LogP contribution in [0.1, 0.15) is 27.5 Å². The van der Waals surface area contributed by atoms with Crippen molar-refractivity contribution in [1.82, 2.24) is 4.90 Å². The number of rotatable bonds is 3. The molecule has 0 unspecified atom stereocenters. The number of nitrogens with zero attached hydrogens (tertiary/aromatic N) is 2. The number of nitrogens with one attached hydrogen (secondary N) is 1. The number of carbonyl (C=O) groups excluding carboxylic acids is 2. The Kier molecular flexibility index (Phi) is 5.82. The normalized spacial score (nSPS) is 15.5. The van der Waals surface area contributed by atoms with E-state index in [-0.39, 0.29) is 22.8 Å². The zero-order valence-electron chi connectivity index (χ0n) is 16.2. The van der Waals surface area contributed by atoms with E-state index in [4.69, 9.17) is 23.2 Å². The zero-order valence-corrected chi connectivity index (χ0v) is 17.7. The van der Waals surface area contributed by atoms with Crippen LogP contribution in [0, 0.1) is 15.9 Å². The first-order valence-corrected chi connectivity index (χ1v) is 10.1. The van der Waals surface area contributed by atoms with Crippen LogP contribution in [0.2, 0.25) is 10.0 Å². The number of halogens is 3. The van der Waals surface area contributed by atoms with E-state index in [0.29, 0.717) is 21.8 Å². The number of benzene rings is 3. The van der Waals surface area contributed by atoms with Crippen LogP contribution in [-0.4, -0.2) is 28.2 Å². The summed E-state index contributed by atoms with van der Waals surface area (Å²) < 4.78 is 13.6. The van der Waals surface area contributed by atoms with Gasteiger partial charge in [0.15, 0.2) is 0 Å². The first-order valence-electron chi connectivity index (χ1n) is 9.34. The number of amides is 2. The van der Waals surface area contributed by atoms with Crippen LogP contribution >= 0.6 is 23.2 Å². The summed E-state index contributed by atoms with van der Waals surface area (Å²) in [6, 6.07) is 12.9.